The van der Waals surface area contributed by atoms with Crippen LogP contribution in [0.5, 0.6) is 0 Å². The van der Waals surface area contributed by atoms with Crippen LogP contribution in [0.4, 0.5) is 5.69 Å². The van der Waals surface area contributed by atoms with E-state index in [0.717, 1.165) is 4.88 Å². The molecule has 0 bridgehead atoms. The number of halogens is 1. The fraction of sp³-hybridized carbons (Fsp3) is 0.0833. The average molecular weight is 252 g/mol. The molecule has 0 saturated carbocycles. The number of hydrogen-bond acceptors (Lipinski definition) is 2. The van der Waals surface area contributed by atoms with Crippen LogP contribution in [0, 0.1) is 6.92 Å². The van der Waals surface area contributed by atoms with Gasteiger partial charge in [-0.05, 0) is 37.3 Å². The van der Waals surface area contributed by atoms with Crippen molar-refractivity contribution in [2.24, 2.45) is 0 Å². The third-order valence-corrected chi connectivity index (χ3v) is 3.28. The summed E-state index contributed by atoms with van der Waals surface area (Å²) in [7, 11) is 0. The number of thiophene rings is 1. The van der Waals surface area contributed by atoms with Gasteiger partial charge >= 0.3 is 0 Å². The zero-order valence-electron chi connectivity index (χ0n) is 8.66. The third-order valence-electron chi connectivity index (χ3n) is 2.05. The molecule has 16 heavy (non-hydrogen) atoms. The molecule has 1 aromatic heterocycles. The van der Waals surface area contributed by atoms with Gasteiger partial charge in [-0.2, -0.15) is 0 Å². The van der Waals surface area contributed by atoms with Crippen LogP contribution in [-0.4, -0.2) is 5.91 Å². The lowest BCUT2D eigenvalue weighted by Crippen LogP contribution is -2.09. The number of benzene rings is 1. The van der Waals surface area contributed by atoms with Gasteiger partial charge in [-0.1, -0.05) is 17.7 Å². The van der Waals surface area contributed by atoms with Crippen molar-refractivity contribution in [3.63, 3.8) is 0 Å². The molecule has 0 aliphatic heterocycles. The van der Waals surface area contributed by atoms with Crippen LogP contribution in [0.1, 0.15) is 14.5 Å². The first kappa shape index (κ1) is 11.2. The lowest BCUT2D eigenvalue weighted by Gasteiger charge is -2.03. The first-order valence-electron chi connectivity index (χ1n) is 4.78. The molecule has 1 N–H and O–H groups in total. The summed E-state index contributed by atoms with van der Waals surface area (Å²) < 4.78 is 0. The Kier molecular flexibility index (Phi) is 3.27. The molecule has 0 aliphatic rings. The molecule has 2 rings (SSSR count). The van der Waals surface area contributed by atoms with E-state index in [1.54, 1.807) is 18.2 Å². The zero-order valence-corrected chi connectivity index (χ0v) is 10.2. The summed E-state index contributed by atoms with van der Waals surface area (Å²) in [6.45, 7) is 1.97. The highest BCUT2D eigenvalue weighted by atomic mass is 35.5. The molecule has 82 valence electrons. The minimum absolute atomic E-state index is 0.0969. The van der Waals surface area contributed by atoms with Crippen LogP contribution in [0.2, 0.25) is 5.02 Å². The molecule has 1 amide bonds. The lowest BCUT2D eigenvalue weighted by atomic mass is 10.3. The minimum atomic E-state index is -0.0969. The third kappa shape index (κ3) is 2.62. The fourth-order valence-corrected chi connectivity index (χ4v) is 2.27. The molecule has 0 aliphatic carbocycles. The Labute approximate surface area is 103 Å². The summed E-state index contributed by atoms with van der Waals surface area (Å²) in [6, 6.07) is 10.9. The summed E-state index contributed by atoms with van der Waals surface area (Å²) in [4.78, 5) is 13.6. The molecule has 2 nitrogen and oxygen atoms in total. The van der Waals surface area contributed by atoms with Crippen molar-refractivity contribution in [3.8, 4) is 0 Å². The maximum atomic E-state index is 11.8. The van der Waals surface area contributed by atoms with Crippen LogP contribution < -0.4 is 5.32 Å². The van der Waals surface area contributed by atoms with E-state index in [-0.39, 0.29) is 5.91 Å². The Hall–Kier alpha value is -1.32. The summed E-state index contributed by atoms with van der Waals surface area (Å²) in [6.07, 6.45) is 0. The smallest absolute Gasteiger partial charge is 0.265 e. The second-order valence-corrected chi connectivity index (χ2v) is 5.10. The summed E-state index contributed by atoms with van der Waals surface area (Å²) in [5, 5.41) is 3.41. The number of amides is 1. The van der Waals surface area contributed by atoms with Gasteiger partial charge in [0.2, 0.25) is 0 Å². The van der Waals surface area contributed by atoms with Crippen LogP contribution in [0.3, 0.4) is 0 Å². The van der Waals surface area contributed by atoms with Crippen molar-refractivity contribution in [1.82, 2.24) is 0 Å². The minimum Gasteiger partial charge on any atom is -0.321 e. The highest BCUT2D eigenvalue weighted by molar-refractivity contribution is 7.14. The highest BCUT2D eigenvalue weighted by Gasteiger charge is 2.07. The fourth-order valence-electron chi connectivity index (χ4n) is 1.32. The molecule has 0 radical (unpaired) electrons. The number of anilines is 1. The number of aryl methyl sites for hydroxylation is 1. The molecular weight excluding hydrogens is 242 g/mol. The second kappa shape index (κ2) is 4.68. The molecular formula is C12H10ClNOS. The van der Waals surface area contributed by atoms with E-state index < -0.39 is 0 Å². The number of hydrogen-bond donors (Lipinski definition) is 1. The van der Waals surface area contributed by atoms with E-state index >= 15 is 0 Å². The van der Waals surface area contributed by atoms with Crippen molar-refractivity contribution >= 4 is 34.5 Å². The van der Waals surface area contributed by atoms with E-state index in [1.165, 1.54) is 11.3 Å². The van der Waals surface area contributed by atoms with E-state index in [9.17, 15) is 4.79 Å². The Morgan fingerprint density at radius 1 is 1.31 bits per heavy atom. The molecule has 0 atom stereocenters. The molecule has 2 aromatic rings. The largest absolute Gasteiger partial charge is 0.321 e. The molecule has 0 fully saturated rings. The van der Waals surface area contributed by atoms with Gasteiger partial charge in [0, 0.05) is 15.6 Å². The number of carbonyl (C=O) groups excluding carboxylic acids is 1. The van der Waals surface area contributed by atoms with Crippen LogP contribution in [0.15, 0.2) is 36.4 Å². The van der Waals surface area contributed by atoms with E-state index in [1.807, 2.05) is 25.1 Å². The van der Waals surface area contributed by atoms with Gasteiger partial charge in [0.1, 0.15) is 0 Å². The summed E-state index contributed by atoms with van der Waals surface area (Å²) in [5.41, 5.74) is 0.712. The molecule has 4 heteroatoms. The second-order valence-electron chi connectivity index (χ2n) is 3.37. The molecule has 0 saturated heterocycles. The Bertz CT molecular complexity index is 521. The highest BCUT2D eigenvalue weighted by Crippen LogP contribution is 2.19. The lowest BCUT2D eigenvalue weighted by molar-refractivity contribution is 0.103. The van der Waals surface area contributed by atoms with Gasteiger partial charge < -0.3 is 5.32 Å². The van der Waals surface area contributed by atoms with Crippen molar-refractivity contribution in [1.29, 1.82) is 0 Å². The van der Waals surface area contributed by atoms with E-state index in [2.05, 4.69) is 5.32 Å². The van der Waals surface area contributed by atoms with Crippen LogP contribution >= 0.6 is 22.9 Å². The number of rotatable bonds is 2. The van der Waals surface area contributed by atoms with Crippen LogP contribution in [-0.2, 0) is 0 Å². The Morgan fingerprint density at radius 2 is 2.12 bits per heavy atom. The first-order chi connectivity index (χ1) is 7.65. The van der Waals surface area contributed by atoms with Gasteiger partial charge in [-0.15, -0.1) is 11.3 Å². The summed E-state index contributed by atoms with van der Waals surface area (Å²) in [5.74, 6) is -0.0969. The molecule has 1 aromatic carbocycles. The quantitative estimate of drug-likeness (QED) is 0.860. The van der Waals surface area contributed by atoms with E-state index in [4.69, 9.17) is 11.6 Å². The maximum Gasteiger partial charge on any atom is 0.265 e. The van der Waals surface area contributed by atoms with Gasteiger partial charge in [-0.3, -0.25) is 4.79 Å². The number of nitrogens with one attached hydrogen (secondary N) is 1. The normalized spacial score (nSPS) is 10.1. The average Bonchev–Trinajstić information content (AvgIpc) is 2.65. The Balaban J connectivity index is 2.13. The molecule has 1 heterocycles. The molecule has 0 spiro atoms. The van der Waals surface area contributed by atoms with Gasteiger partial charge in [-0.25, -0.2) is 0 Å². The monoisotopic (exact) mass is 251 g/mol. The number of carbonyl (C=O) groups is 1. The van der Waals surface area contributed by atoms with Crippen LogP contribution in [0.25, 0.3) is 0 Å². The van der Waals surface area contributed by atoms with Gasteiger partial charge in [0.25, 0.3) is 5.91 Å². The summed E-state index contributed by atoms with van der Waals surface area (Å²) >= 11 is 7.30. The van der Waals surface area contributed by atoms with Crippen molar-refractivity contribution in [2.45, 2.75) is 6.92 Å². The zero-order chi connectivity index (χ0) is 11.5. The maximum absolute atomic E-state index is 11.8. The van der Waals surface area contributed by atoms with Crippen molar-refractivity contribution in [3.05, 3.63) is 51.2 Å². The standard InChI is InChI=1S/C12H10ClNOS/c1-8-5-6-11(16-8)12(15)14-10-4-2-3-9(13)7-10/h2-7H,1H3,(H,14,15). The van der Waals surface area contributed by atoms with Crippen molar-refractivity contribution in [2.75, 3.05) is 5.32 Å². The molecule has 0 unspecified atom stereocenters. The van der Waals surface area contributed by atoms with Gasteiger partial charge in [0.15, 0.2) is 0 Å². The predicted octanol–water partition coefficient (Wildman–Crippen LogP) is 3.96. The SMILES string of the molecule is Cc1ccc(C(=O)Nc2cccc(Cl)c2)s1. The predicted molar refractivity (Wildman–Crippen MR) is 68.5 cm³/mol. The van der Waals surface area contributed by atoms with Crippen molar-refractivity contribution < 1.29 is 4.79 Å². The topological polar surface area (TPSA) is 29.1 Å². The van der Waals surface area contributed by atoms with E-state index in [0.29, 0.717) is 15.6 Å². The Morgan fingerprint density at radius 3 is 2.75 bits per heavy atom. The first-order valence-corrected chi connectivity index (χ1v) is 5.98. The van der Waals surface area contributed by atoms with Gasteiger partial charge in [0.05, 0.1) is 4.88 Å².